The van der Waals surface area contributed by atoms with Crippen molar-refractivity contribution in [3.63, 3.8) is 0 Å². The number of anilines is 1. The fraction of sp³-hybridized carbons (Fsp3) is 0.176. The summed E-state index contributed by atoms with van der Waals surface area (Å²) in [5, 5.41) is 12.0. The van der Waals surface area contributed by atoms with Gasteiger partial charge in [0, 0.05) is 5.02 Å². The van der Waals surface area contributed by atoms with Gasteiger partial charge in [-0.1, -0.05) is 23.7 Å². The van der Waals surface area contributed by atoms with Gasteiger partial charge in [0.1, 0.15) is 5.75 Å². The molecule has 0 radical (unpaired) electrons. The first-order chi connectivity index (χ1) is 10.9. The lowest BCUT2D eigenvalue weighted by Crippen LogP contribution is -2.30. The summed E-state index contributed by atoms with van der Waals surface area (Å²) < 4.78 is 5.57. The van der Waals surface area contributed by atoms with E-state index in [1.165, 1.54) is 18.2 Å². The molecule has 1 atom stereocenters. The molecule has 1 unspecified atom stereocenters. The number of hydrogen-bond acceptors (Lipinski definition) is 3. The Hall–Kier alpha value is -2.53. The largest absolute Gasteiger partial charge is 0.481 e. The van der Waals surface area contributed by atoms with E-state index in [1.54, 1.807) is 13.0 Å². The van der Waals surface area contributed by atoms with Gasteiger partial charge >= 0.3 is 5.97 Å². The molecule has 6 heteroatoms. The molecule has 0 aliphatic heterocycles. The first kappa shape index (κ1) is 16.8. The highest BCUT2D eigenvalue weighted by atomic mass is 35.5. The van der Waals surface area contributed by atoms with Gasteiger partial charge in [0.05, 0.1) is 11.3 Å². The van der Waals surface area contributed by atoms with E-state index in [2.05, 4.69) is 5.32 Å². The summed E-state index contributed by atoms with van der Waals surface area (Å²) in [5.41, 5.74) is 1.11. The van der Waals surface area contributed by atoms with Crippen LogP contribution in [-0.2, 0) is 4.79 Å². The maximum Gasteiger partial charge on any atom is 0.337 e. The zero-order valence-corrected chi connectivity index (χ0v) is 13.4. The third-order valence-electron chi connectivity index (χ3n) is 3.14. The predicted molar refractivity (Wildman–Crippen MR) is 88.3 cm³/mol. The number of rotatable bonds is 5. The molecule has 0 bridgehead atoms. The lowest BCUT2D eigenvalue weighted by molar-refractivity contribution is -0.122. The minimum absolute atomic E-state index is 0.0366. The Labute approximate surface area is 138 Å². The maximum absolute atomic E-state index is 12.2. The van der Waals surface area contributed by atoms with Crippen molar-refractivity contribution < 1.29 is 19.4 Å². The van der Waals surface area contributed by atoms with Gasteiger partial charge in [0.15, 0.2) is 6.10 Å². The molecule has 5 nitrogen and oxygen atoms in total. The number of carbonyl (C=O) groups is 2. The average Bonchev–Trinajstić information content (AvgIpc) is 2.46. The second-order valence-corrected chi connectivity index (χ2v) is 5.50. The molecule has 0 fully saturated rings. The van der Waals surface area contributed by atoms with E-state index < -0.39 is 18.0 Å². The molecule has 0 aliphatic rings. The van der Waals surface area contributed by atoms with Crippen LogP contribution in [0, 0.1) is 6.92 Å². The zero-order chi connectivity index (χ0) is 17.0. The molecule has 0 spiro atoms. The Morgan fingerprint density at radius 1 is 1.22 bits per heavy atom. The number of nitrogens with one attached hydrogen (secondary N) is 1. The quantitative estimate of drug-likeness (QED) is 0.873. The number of carboxylic acids is 1. The highest BCUT2D eigenvalue weighted by molar-refractivity contribution is 6.31. The Kier molecular flexibility index (Phi) is 5.24. The van der Waals surface area contributed by atoms with Gasteiger partial charge in [-0.25, -0.2) is 4.79 Å². The van der Waals surface area contributed by atoms with Gasteiger partial charge in [0.2, 0.25) is 0 Å². The van der Waals surface area contributed by atoms with Gasteiger partial charge in [-0.15, -0.1) is 0 Å². The van der Waals surface area contributed by atoms with Crippen LogP contribution in [0.2, 0.25) is 5.02 Å². The third kappa shape index (κ3) is 4.47. The van der Waals surface area contributed by atoms with Crippen molar-refractivity contribution >= 4 is 29.2 Å². The number of ether oxygens (including phenoxy) is 1. The topological polar surface area (TPSA) is 75.6 Å². The van der Waals surface area contributed by atoms with Crippen molar-refractivity contribution in [2.75, 3.05) is 5.32 Å². The van der Waals surface area contributed by atoms with E-state index in [0.29, 0.717) is 10.8 Å². The molecule has 0 saturated heterocycles. The summed E-state index contributed by atoms with van der Waals surface area (Å²) in [6.45, 7) is 3.51. The first-order valence-electron chi connectivity index (χ1n) is 6.94. The van der Waals surface area contributed by atoms with Crippen molar-refractivity contribution in [1.29, 1.82) is 0 Å². The Balaban J connectivity index is 2.12. The minimum atomic E-state index is -1.15. The molecule has 0 saturated carbocycles. The molecule has 0 aliphatic carbocycles. The first-order valence-corrected chi connectivity index (χ1v) is 7.31. The lowest BCUT2D eigenvalue weighted by atomic mass is 10.1. The van der Waals surface area contributed by atoms with E-state index in [4.69, 9.17) is 21.4 Å². The number of amides is 1. The van der Waals surface area contributed by atoms with Crippen LogP contribution in [0.5, 0.6) is 5.75 Å². The van der Waals surface area contributed by atoms with Crippen LogP contribution < -0.4 is 10.1 Å². The van der Waals surface area contributed by atoms with Crippen LogP contribution in [0.15, 0.2) is 42.5 Å². The van der Waals surface area contributed by atoms with Crippen LogP contribution in [0.1, 0.15) is 22.8 Å². The van der Waals surface area contributed by atoms with Crippen LogP contribution >= 0.6 is 11.6 Å². The number of aryl methyl sites for hydroxylation is 1. The second kappa shape index (κ2) is 7.15. The van der Waals surface area contributed by atoms with Crippen LogP contribution in [0.4, 0.5) is 5.69 Å². The molecule has 23 heavy (non-hydrogen) atoms. The Bertz CT molecular complexity index is 745. The van der Waals surface area contributed by atoms with E-state index in [9.17, 15) is 9.59 Å². The highest BCUT2D eigenvalue weighted by Gasteiger charge is 2.18. The molecule has 2 rings (SSSR count). The zero-order valence-electron chi connectivity index (χ0n) is 12.7. The summed E-state index contributed by atoms with van der Waals surface area (Å²) in [5.74, 6) is -1.04. The summed E-state index contributed by atoms with van der Waals surface area (Å²) in [4.78, 5) is 23.4. The Morgan fingerprint density at radius 3 is 2.61 bits per heavy atom. The number of carbonyl (C=O) groups excluding carboxylic acids is 1. The Morgan fingerprint density at radius 2 is 1.96 bits per heavy atom. The van der Waals surface area contributed by atoms with Crippen LogP contribution in [0.25, 0.3) is 0 Å². The minimum Gasteiger partial charge on any atom is -0.481 e. The van der Waals surface area contributed by atoms with E-state index >= 15 is 0 Å². The molecule has 2 N–H and O–H groups in total. The summed E-state index contributed by atoms with van der Waals surface area (Å²) >= 11 is 5.86. The predicted octanol–water partition coefficient (Wildman–Crippen LogP) is 3.75. The second-order valence-electron chi connectivity index (χ2n) is 5.06. The van der Waals surface area contributed by atoms with Crippen molar-refractivity contribution in [3.8, 4) is 5.75 Å². The number of halogens is 1. The molecule has 120 valence electrons. The summed E-state index contributed by atoms with van der Waals surface area (Å²) in [6.07, 6.45) is -0.794. The van der Waals surface area contributed by atoms with E-state index in [1.807, 2.05) is 25.1 Å². The molecular weight excluding hydrogens is 318 g/mol. The van der Waals surface area contributed by atoms with Gasteiger partial charge in [0.25, 0.3) is 5.91 Å². The molecular formula is C17H16ClNO4. The van der Waals surface area contributed by atoms with Crippen molar-refractivity contribution in [3.05, 3.63) is 58.6 Å². The molecule has 2 aromatic rings. The molecule has 0 aromatic heterocycles. The number of aromatic carboxylic acids is 1. The average molecular weight is 334 g/mol. The van der Waals surface area contributed by atoms with Crippen molar-refractivity contribution in [1.82, 2.24) is 0 Å². The number of carboxylic acid groups (broad SMARTS) is 1. The maximum atomic E-state index is 12.2. The molecule has 0 heterocycles. The van der Waals surface area contributed by atoms with E-state index in [0.717, 1.165) is 5.56 Å². The normalized spacial score (nSPS) is 11.6. The summed E-state index contributed by atoms with van der Waals surface area (Å²) in [7, 11) is 0. The van der Waals surface area contributed by atoms with Gasteiger partial charge in [-0.3, -0.25) is 4.79 Å². The monoisotopic (exact) mass is 333 g/mol. The fourth-order valence-corrected chi connectivity index (χ4v) is 2.16. The number of benzene rings is 2. The molecule has 2 aromatic carbocycles. The van der Waals surface area contributed by atoms with Gasteiger partial charge < -0.3 is 15.2 Å². The van der Waals surface area contributed by atoms with Crippen molar-refractivity contribution in [2.45, 2.75) is 20.0 Å². The fourth-order valence-electron chi connectivity index (χ4n) is 1.99. The lowest BCUT2D eigenvalue weighted by Gasteiger charge is -2.16. The highest BCUT2D eigenvalue weighted by Crippen LogP contribution is 2.22. The van der Waals surface area contributed by atoms with Crippen molar-refractivity contribution in [2.24, 2.45) is 0 Å². The van der Waals surface area contributed by atoms with Crippen LogP contribution in [-0.4, -0.2) is 23.1 Å². The standard InChI is InChI=1S/C17H16ClNO4/c1-10-4-3-5-13(8-10)23-11(2)16(20)19-15-9-12(18)6-7-14(15)17(21)22/h3-9,11H,1-2H3,(H,19,20)(H,21,22). The molecule has 1 amide bonds. The van der Waals surface area contributed by atoms with Gasteiger partial charge in [-0.05, 0) is 49.7 Å². The van der Waals surface area contributed by atoms with Crippen LogP contribution in [0.3, 0.4) is 0 Å². The smallest absolute Gasteiger partial charge is 0.337 e. The SMILES string of the molecule is Cc1cccc(OC(C)C(=O)Nc2cc(Cl)ccc2C(=O)O)c1. The number of hydrogen-bond donors (Lipinski definition) is 2. The summed E-state index contributed by atoms with van der Waals surface area (Å²) in [6, 6.07) is 11.5. The van der Waals surface area contributed by atoms with Gasteiger partial charge in [-0.2, -0.15) is 0 Å². The third-order valence-corrected chi connectivity index (χ3v) is 3.38. The van der Waals surface area contributed by atoms with E-state index in [-0.39, 0.29) is 11.3 Å².